The van der Waals surface area contributed by atoms with Crippen LogP contribution >= 0.6 is 104 Å². The van der Waals surface area contributed by atoms with E-state index in [9.17, 15) is 38.4 Å². The molecular weight excluding hydrogens is 1610 g/mol. The number of ether oxygens (including phenoxy) is 3. The Hall–Kier alpha value is -5.11. The summed E-state index contributed by atoms with van der Waals surface area (Å²) >= 11 is 52.1. The number of amides is 5. The number of aromatic carboxylic acids is 1. The molecule has 111 heavy (non-hydrogen) atoms. The minimum Gasteiger partial charge on any atom is -0.478 e. The summed E-state index contributed by atoms with van der Waals surface area (Å²) in [4.78, 5) is 103. The van der Waals surface area contributed by atoms with Gasteiger partial charge in [0.05, 0.1) is 68.5 Å². The van der Waals surface area contributed by atoms with Gasteiger partial charge in [-0.15, -0.1) is 0 Å². The maximum absolute atomic E-state index is 13.2. The molecule has 0 aromatic heterocycles. The van der Waals surface area contributed by atoms with Gasteiger partial charge in [-0.3, -0.25) is 14.4 Å². The summed E-state index contributed by atoms with van der Waals surface area (Å²) in [7, 11) is 0. The molecule has 4 aliphatic rings. The number of benzene rings is 4. The van der Waals surface area contributed by atoms with Gasteiger partial charge in [0.25, 0.3) is 17.1 Å². The maximum Gasteiger partial charge on any atom is 0.410 e. The molecule has 0 unspecified atom stereocenters. The maximum atomic E-state index is 13.2. The van der Waals surface area contributed by atoms with Gasteiger partial charge in [-0.05, 0) is 199 Å². The number of rotatable bonds is 17. The van der Waals surface area contributed by atoms with E-state index in [1.165, 1.54) is 43.9 Å². The Kier molecular flexibility index (Phi) is 48.5. The van der Waals surface area contributed by atoms with Gasteiger partial charge < -0.3 is 69.9 Å². The first-order valence-corrected chi connectivity index (χ1v) is 41.1. The smallest absolute Gasteiger partial charge is 0.410 e. The van der Waals surface area contributed by atoms with Crippen molar-refractivity contribution in [3.8, 4) is 0 Å². The average molecular weight is 1730 g/mol. The van der Waals surface area contributed by atoms with Crippen LogP contribution in [0.25, 0.3) is 0 Å². The number of nitrogens with one attached hydrogen (secondary N) is 2. The number of hydrogen-bond acceptors (Lipinski definition) is 15. The summed E-state index contributed by atoms with van der Waals surface area (Å²) in [5.74, 6) is 0.283. The first-order chi connectivity index (χ1) is 51.5. The fourth-order valence-electron chi connectivity index (χ4n) is 10.7. The summed E-state index contributed by atoms with van der Waals surface area (Å²) in [6.07, 6.45) is 3.71. The first-order valence-electron chi connectivity index (χ1n) is 37.6. The van der Waals surface area contributed by atoms with E-state index in [-0.39, 0.29) is 91.3 Å². The lowest BCUT2D eigenvalue weighted by molar-refractivity contribution is -0.110. The molecule has 0 aliphatic carbocycles. The molecule has 4 heterocycles. The third-order valence-corrected chi connectivity index (χ3v) is 19.7. The van der Waals surface area contributed by atoms with Gasteiger partial charge in [-0.1, -0.05) is 193 Å². The van der Waals surface area contributed by atoms with E-state index < -0.39 is 28.0 Å². The number of carboxylic acids is 1. The molecule has 4 saturated heterocycles. The van der Waals surface area contributed by atoms with Crippen molar-refractivity contribution in [2.75, 3.05) is 91.6 Å². The topological polar surface area (TPSA) is 254 Å². The van der Waals surface area contributed by atoms with Gasteiger partial charge in [0.15, 0.2) is 0 Å². The Morgan fingerprint density at radius 3 is 1.18 bits per heavy atom. The molecule has 5 amide bonds. The fraction of sp³-hybridized carbons (Fsp3) is 0.605. The van der Waals surface area contributed by atoms with E-state index in [2.05, 4.69) is 77.8 Å². The monoisotopic (exact) mass is 1730 g/mol. The normalized spacial score (nSPS) is 16.5. The number of carbonyl (C=O) groups excluding carboxylic acids is 7. The number of hydrogen-bond donors (Lipinski definition) is 4. The standard InChI is InChI=1S/C20H28Cl2N2O3.C15H20Cl2N2O.C13H26N2O2.C9H18N2O2.C7H3Cl3O.C7H4Cl2O2.C6H15N.C4H8O/c1-13(2)11-24(18(25)15-7-6-8-16(21)17(15)22)14-9-10-23(12-14)19(26)27-20(3,4)5;1-10(2)9-19(11-6-7-18-8-11)15(20)12-4-3-5-13(16)14(12)17;1-10(2)8-14-11-6-7-15(9-11)12(16)17-13(3,4)5;1-9(2,3)13-8(12)11-5-4-7(10)6-11;2*8-5-3-1-2-4(6(5)9)7(10)11;1-4-7(5-2)6-3;1-4(2)3-5/h6-8,13-14H,9-12H2,1-5H3;3-5,10-11,18H,6-9H2,1-2H3;10-11,14H,6-9H2,1-5H3;7H,4-6,10H2,1-3H3;1-3H;1-3H,(H,10,11);4-6H2,1-3H3;3-4H,1-2H3/t14-;2*11-;7-;;;;/m0000..../s1. The summed E-state index contributed by atoms with van der Waals surface area (Å²) in [5.41, 5.74) is 5.46. The third kappa shape index (κ3) is 40.8. The Labute approximate surface area is 706 Å². The molecular formula is C81H122Cl9N9O12. The van der Waals surface area contributed by atoms with Crippen LogP contribution < -0.4 is 16.4 Å². The van der Waals surface area contributed by atoms with Crippen molar-refractivity contribution >= 4 is 152 Å². The highest BCUT2D eigenvalue weighted by Crippen LogP contribution is 2.32. The second kappa shape index (κ2) is 51.8. The van der Waals surface area contributed by atoms with Gasteiger partial charge in [-0.2, -0.15) is 0 Å². The third-order valence-electron chi connectivity index (χ3n) is 16.2. The van der Waals surface area contributed by atoms with Crippen molar-refractivity contribution in [2.24, 2.45) is 29.4 Å². The van der Waals surface area contributed by atoms with Crippen molar-refractivity contribution < 1.29 is 57.7 Å². The molecule has 4 atom stereocenters. The Bertz CT molecular complexity index is 3480. The molecule has 21 nitrogen and oxygen atoms in total. The van der Waals surface area contributed by atoms with E-state index in [1.54, 1.807) is 63.2 Å². The zero-order valence-electron chi connectivity index (χ0n) is 68.5. The zero-order valence-corrected chi connectivity index (χ0v) is 75.3. The number of nitrogens with two attached hydrogens (primary N) is 1. The van der Waals surface area contributed by atoms with Gasteiger partial charge in [0.1, 0.15) is 23.1 Å². The number of carbonyl (C=O) groups is 8. The highest BCUT2D eigenvalue weighted by molar-refractivity contribution is 6.69. The van der Waals surface area contributed by atoms with E-state index in [4.69, 9.17) is 129 Å². The van der Waals surface area contributed by atoms with Crippen molar-refractivity contribution in [3.05, 3.63) is 135 Å². The number of halogens is 9. The molecule has 4 aliphatic heterocycles. The molecule has 0 radical (unpaired) electrons. The van der Waals surface area contributed by atoms with Crippen molar-refractivity contribution in [2.45, 2.75) is 205 Å². The van der Waals surface area contributed by atoms with Gasteiger partial charge >= 0.3 is 24.2 Å². The lowest BCUT2D eigenvalue weighted by Crippen LogP contribution is -2.45. The number of nitrogens with zero attached hydrogens (tertiary/aromatic N) is 6. The highest BCUT2D eigenvalue weighted by atomic mass is 35.5. The van der Waals surface area contributed by atoms with Crippen molar-refractivity contribution in [1.29, 1.82) is 0 Å². The summed E-state index contributed by atoms with van der Waals surface area (Å²) in [5, 5.41) is 17.0. The lowest BCUT2D eigenvalue weighted by atomic mass is 10.1. The molecule has 626 valence electrons. The lowest BCUT2D eigenvalue weighted by Gasteiger charge is -2.31. The van der Waals surface area contributed by atoms with Crippen LogP contribution in [0.1, 0.15) is 206 Å². The number of carboxylic acid groups (broad SMARTS) is 1. The second-order valence-corrected chi connectivity index (χ2v) is 34.9. The fourth-order valence-corrected chi connectivity index (χ4v) is 12.5. The summed E-state index contributed by atoms with van der Waals surface area (Å²) in [6, 6.07) is 20.2. The van der Waals surface area contributed by atoms with E-state index in [1.807, 2.05) is 86.0 Å². The van der Waals surface area contributed by atoms with Gasteiger partial charge in [-0.25, -0.2) is 19.2 Å². The van der Waals surface area contributed by atoms with Crippen LogP contribution in [-0.2, 0) is 19.0 Å². The van der Waals surface area contributed by atoms with Crippen LogP contribution in [0.4, 0.5) is 14.4 Å². The minimum atomic E-state index is -1.07. The van der Waals surface area contributed by atoms with Crippen LogP contribution in [0.15, 0.2) is 72.8 Å². The first kappa shape index (κ1) is 104. The molecule has 5 N–H and O–H groups in total. The van der Waals surface area contributed by atoms with E-state index >= 15 is 0 Å². The van der Waals surface area contributed by atoms with Crippen LogP contribution in [-0.4, -0.2) is 215 Å². The van der Waals surface area contributed by atoms with E-state index in [0.29, 0.717) is 81.7 Å². The van der Waals surface area contributed by atoms with Gasteiger partial charge in [0, 0.05) is 82.9 Å². The molecule has 4 fully saturated rings. The predicted molar refractivity (Wildman–Crippen MR) is 456 cm³/mol. The van der Waals surface area contributed by atoms with Crippen molar-refractivity contribution in [3.63, 3.8) is 0 Å². The van der Waals surface area contributed by atoms with Crippen molar-refractivity contribution in [1.82, 2.24) is 40.0 Å². The van der Waals surface area contributed by atoms with Crippen LogP contribution in [0.3, 0.4) is 0 Å². The number of likely N-dealkylation sites (tertiary alicyclic amines) is 3. The Morgan fingerprint density at radius 2 is 0.874 bits per heavy atom. The molecule has 4 aromatic rings. The van der Waals surface area contributed by atoms with E-state index in [0.717, 1.165) is 71.4 Å². The van der Waals surface area contributed by atoms with Gasteiger partial charge in [0.2, 0.25) is 0 Å². The molecule has 30 heteroatoms. The highest BCUT2D eigenvalue weighted by Gasteiger charge is 2.37. The summed E-state index contributed by atoms with van der Waals surface area (Å²) < 4.78 is 16.0. The second-order valence-electron chi connectivity index (χ2n) is 31.4. The minimum absolute atomic E-state index is 0.0270. The molecule has 0 bridgehead atoms. The largest absolute Gasteiger partial charge is 0.478 e. The molecule has 4 aromatic carbocycles. The molecule has 0 spiro atoms. The number of aldehydes is 1. The SMILES string of the molecule is CC(C)(C)OC(=O)N1CC[C@H](N)C1.CC(C)C=O.CC(C)CN(C(=O)c1cccc(Cl)c1Cl)[C@H]1CCN(C(=O)OC(C)(C)C)C1.CC(C)CN(C(=O)c1cccc(Cl)c1Cl)[C@H]1CCNC1.CC(C)CN[C@H]1CCN(C(=O)OC(C)(C)C)C1.CCN(CC)CC.O=C(Cl)c1cccc(Cl)c1Cl.O=C(O)c1cccc(Cl)c1Cl. The molecule has 8 rings (SSSR count). The van der Waals surface area contributed by atoms with Crippen LogP contribution in [0.5, 0.6) is 0 Å². The predicted octanol–water partition coefficient (Wildman–Crippen LogP) is 20.0. The van der Waals surface area contributed by atoms with Crippen LogP contribution in [0, 0.1) is 23.7 Å². The zero-order chi connectivity index (χ0) is 85.0. The van der Waals surface area contributed by atoms with Crippen LogP contribution in [0.2, 0.25) is 40.2 Å². The average Bonchev–Trinajstić information content (AvgIpc) is 1.74. The molecule has 0 saturated carbocycles. The summed E-state index contributed by atoms with van der Waals surface area (Å²) in [6.45, 7) is 51.4. The Balaban J connectivity index is 0.000000662. The Morgan fingerprint density at radius 1 is 0.523 bits per heavy atom. The quantitative estimate of drug-likeness (QED) is 0.0435.